The summed E-state index contributed by atoms with van der Waals surface area (Å²) in [6.07, 6.45) is 0. The van der Waals surface area contributed by atoms with Crippen molar-refractivity contribution in [3.63, 3.8) is 0 Å². The molecular weight excluding hydrogens is 496 g/mol. The topological polar surface area (TPSA) is 88.3 Å². The standard InChI is InChI=1S/C26H21ClN6O2S/c27-21-6-2-5-19(14-21)25-28-24(30-35-25)18-4-1-3-17(13-18)16-32-9-11-33(12-10-32)26(34)20-7-8-23-22(15-20)29-31-36-23/h1-8,13-15H,9-12,16H2. The third-order valence-electron chi connectivity index (χ3n) is 6.24. The molecule has 1 amide bonds. The molecule has 5 aromatic rings. The van der Waals surface area contributed by atoms with Gasteiger partial charge in [-0.15, -0.1) is 5.10 Å². The number of aromatic nitrogens is 4. The molecule has 1 aliphatic rings. The van der Waals surface area contributed by atoms with Crippen molar-refractivity contribution < 1.29 is 9.32 Å². The minimum atomic E-state index is 0.0409. The lowest BCUT2D eigenvalue weighted by atomic mass is 10.1. The Bertz CT molecular complexity index is 1540. The number of nitrogens with zero attached hydrogens (tertiary/aromatic N) is 6. The molecule has 0 atom stereocenters. The van der Waals surface area contributed by atoms with E-state index in [4.69, 9.17) is 16.1 Å². The van der Waals surface area contributed by atoms with Crippen LogP contribution in [0.1, 0.15) is 15.9 Å². The molecule has 1 saturated heterocycles. The molecule has 1 aliphatic heterocycles. The molecule has 10 heteroatoms. The summed E-state index contributed by atoms with van der Waals surface area (Å²) >= 11 is 7.42. The van der Waals surface area contributed by atoms with Gasteiger partial charge in [-0.05, 0) is 59.6 Å². The number of hydrogen-bond donors (Lipinski definition) is 0. The molecule has 0 aliphatic carbocycles. The molecule has 0 bridgehead atoms. The smallest absolute Gasteiger partial charge is 0.258 e. The molecule has 8 nitrogen and oxygen atoms in total. The van der Waals surface area contributed by atoms with Gasteiger partial charge in [-0.2, -0.15) is 4.98 Å². The van der Waals surface area contributed by atoms with Crippen LogP contribution in [0.4, 0.5) is 0 Å². The van der Waals surface area contributed by atoms with Gasteiger partial charge in [0.05, 0.1) is 4.70 Å². The van der Waals surface area contributed by atoms with E-state index in [-0.39, 0.29) is 5.91 Å². The Morgan fingerprint density at radius 1 is 0.972 bits per heavy atom. The zero-order chi connectivity index (χ0) is 24.5. The highest BCUT2D eigenvalue weighted by molar-refractivity contribution is 7.12. The van der Waals surface area contributed by atoms with Gasteiger partial charge >= 0.3 is 0 Å². The maximum atomic E-state index is 13.0. The molecule has 0 radical (unpaired) electrons. The van der Waals surface area contributed by atoms with Crippen LogP contribution in [0.2, 0.25) is 5.02 Å². The Morgan fingerprint density at radius 2 is 1.81 bits per heavy atom. The van der Waals surface area contributed by atoms with Gasteiger partial charge in [-0.1, -0.05) is 45.5 Å². The van der Waals surface area contributed by atoms with Crippen LogP contribution in [0, 0.1) is 0 Å². The molecule has 1 fully saturated rings. The van der Waals surface area contributed by atoms with Crippen LogP contribution in [-0.2, 0) is 6.54 Å². The first-order valence-corrected chi connectivity index (χ1v) is 12.7. The van der Waals surface area contributed by atoms with Crippen molar-refractivity contribution >= 4 is 39.3 Å². The molecule has 180 valence electrons. The molecule has 2 aromatic heterocycles. The number of carbonyl (C=O) groups is 1. The molecular formula is C26H21ClN6O2S. The summed E-state index contributed by atoms with van der Waals surface area (Å²) in [4.78, 5) is 21.8. The maximum Gasteiger partial charge on any atom is 0.258 e. The second-order valence-electron chi connectivity index (χ2n) is 8.66. The maximum absolute atomic E-state index is 13.0. The first-order valence-electron chi connectivity index (χ1n) is 11.5. The lowest BCUT2D eigenvalue weighted by Gasteiger charge is -2.34. The fourth-order valence-corrected chi connectivity index (χ4v) is 5.08. The molecule has 3 heterocycles. The summed E-state index contributed by atoms with van der Waals surface area (Å²) in [7, 11) is 0. The number of amides is 1. The highest BCUT2D eigenvalue weighted by Crippen LogP contribution is 2.25. The largest absolute Gasteiger partial charge is 0.336 e. The Labute approximate surface area is 216 Å². The highest BCUT2D eigenvalue weighted by Gasteiger charge is 2.23. The molecule has 0 spiro atoms. The highest BCUT2D eigenvalue weighted by atomic mass is 35.5. The predicted molar refractivity (Wildman–Crippen MR) is 139 cm³/mol. The lowest BCUT2D eigenvalue weighted by Crippen LogP contribution is -2.48. The SMILES string of the molecule is O=C(c1ccc2snnc2c1)N1CCN(Cc2cccc(-c3noc(-c4cccc(Cl)c4)n3)c2)CC1. The number of fused-ring (bicyclic) bond motifs is 1. The zero-order valence-electron chi connectivity index (χ0n) is 19.2. The minimum absolute atomic E-state index is 0.0409. The molecule has 36 heavy (non-hydrogen) atoms. The quantitative estimate of drug-likeness (QED) is 0.324. The van der Waals surface area contributed by atoms with Crippen LogP contribution in [0.25, 0.3) is 33.1 Å². The van der Waals surface area contributed by atoms with Crippen molar-refractivity contribution in [1.29, 1.82) is 0 Å². The summed E-state index contributed by atoms with van der Waals surface area (Å²) in [6, 6.07) is 21.1. The summed E-state index contributed by atoms with van der Waals surface area (Å²) < 4.78 is 10.4. The van der Waals surface area contributed by atoms with Gasteiger partial charge < -0.3 is 9.42 Å². The first kappa shape index (κ1) is 22.8. The van der Waals surface area contributed by atoms with E-state index in [2.05, 4.69) is 36.8 Å². The van der Waals surface area contributed by atoms with Gasteiger partial charge in [0.2, 0.25) is 5.82 Å². The van der Waals surface area contributed by atoms with Crippen LogP contribution in [0.5, 0.6) is 0 Å². The minimum Gasteiger partial charge on any atom is -0.336 e. The van der Waals surface area contributed by atoms with Crippen molar-refractivity contribution in [3.8, 4) is 22.8 Å². The van der Waals surface area contributed by atoms with E-state index >= 15 is 0 Å². The number of carbonyl (C=O) groups excluding carboxylic acids is 1. The first-order chi connectivity index (χ1) is 17.6. The Kier molecular flexibility index (Phi) is 6.18. The normalized spacial score (nSPS) is 14.4. The van der Waals surface area contributed by atoms with Crippen LogP contribution in [0.15, 0.2) is 71.3 Å². The molecule has 0 saturated carbocycles. The summed E-state index contributed by atoms with van der Waals surface area (Å²) in [6.45, 7) is 3.75. The fraction of sp³-hybridized carbons (Fsp3) is 0.192. The van der Waals surface area contributed by atoms with Crippen LogP contribution in [0.3, 0.4) is 0 Å². The van der Waals surface area contributed by atoms with Gasteiger partial charge in [0.15, 0.2) is 0 Å². The van der Waals surface area contributed by atoms with Gasteiger partial charge in [-0.3, -0.25) is 9.69 Å². The second kappa shape index (κ2) is 9.77. The van der Waals surface area contributed by atoms with Crippen molar-refractivity contribution in [2.45, 2.75) is 6.54 Å². The summed E-state index contributed by atoms with van der Waals surface area (Å²) in [5.41, 5.74) is 4.26. The number of hydrogen-bond acceptors (Lipinski definition) is 8. The van der Waals surface area contributed by atoms with Crippen LogP contribution < -0.4 is 0 Å². The van der Waals surface area contributed by atoms with Crippen molar-refractivity contribution in [2.24, 2.45) is 0 Å². The second-order valence-corrected chi connectivity index (χ2v) is 9.88. The number of halogens is 1. The molecule has 0 unspecified atom stereocenters. The van der Waals surface area contributed by atoms with Crippen LogP contribution >= 0.6 is 23.1 Å². The van der Waals surface area contributed by atoms with E-state index in [1.165, 1.54) is 11.5 Å². The molecule has 3 aromatic carbocycles. The van der Waals surface area contributed by atoms with E-state index in [9.17, 15) is 4.79 Å². The molecule has 6 rings (SSSR count). The summed E-state index contributed by atoms with van der Waals surface area (Å²) in [5, 5.41) is 8.86. The Morgan fingerprint density at radius 3 is 2.67 bits per heavy atom. The number of piperazine rings is 1. The van der Waals surface area contributed by atoms with Crippen molar-refractivity contribution in [1.82, 2.24) is 29.5 Å². The third kappa shape index (κ3) is 4.73. The van der Waals surface area contributed by atoms with Gasteiger partial charge in [-0.25, -0.2) is 0 Å². The van der Waals surface area contributed by atoms with E-state index in [1.807, 2.05) is 47.4 Å². The number of rotatable bonds is 5. The predicted octanol–water partition coefficient (Wildman–Crippen LogP) is 5.02. The van der Waals surface area contributed by atoms with Gasteiger partial charge in [0.1, 0.15) is 5.52 Å². The Hall–Kier alpha value is -3.66. The van der Waals surface area contributed by atoms with Crippen molar-refractivity contribution in [3.05, 3.63) is 82.9 Å². The Balaban J connectivity index is 1.09. The average Bonchev–Trinajstić information content (AvgIpc) is 3.59. The lowest BCUT2D eigenvalue weighted by molar-refractivity contribution is 0.0628. The van der Waals surface area contributed by atoms with E-state index < -0.39 is 0 Å². The number of benzene rings is 3. The van der Waals surface area contributed by atoms with Crippen molar-refractivity contribution in [2.75, 3.05) is 26.2 Å². The monoisotopic (exact) mass is 516 g/mol. The van der Waals surface area contributed by atoms with E-state index in [0.717, 1.165) is 46.5 Å². The zero-order valence-corrected chi connectivity index (χ0v) is 20.7. The molecule has 0 N–H and O–H groups in total. The van der Waals surface area contributed by atoms with Gasteiger partial charge in [0, 0.05) is 54.4 Å². The van der Waals surface area contributed by atoms with E-state index in [1.54, 1.807) is 12.1 Å². The van der Waals surface area contributed by atoms with E-state index in [0.29, 0.717) is 35.4 Å². The summed E-state index contributed by atoms with van der Waals surface area (Å²) in [5.74, 6) is 1.01. The van der Waals surface area contributed by atoms with Crippen LogP contribution in [-0.4, -0.2) is 61.6 Å². The fourth-order valence-electron chi connectivity index (χ4n) is 4.35. The van der Waals surface area contributed by atoms with Gasteiger partial charge in [0.25, 0.3) is 11.8 Å². The third-order valence-corrected chi connectivity index (χ3v) is 7.18. The average molecular weight is 517 g/mol.